The van der Waals surface area contributed by atoms with E-state index in [9.17, 15) is 9.59 Å². The van der Waals surface area contributed by atoms with Crippen LogP contribution in [0.25, 0.3) is 5.65 Å². The Bertz CT molecular complexity index is 968. The van der Waals surface area contributed by atoms with Crippen LogP contribution in [0.1, 0.15) is 28.7 Å². The van der Waals surface area contributed by atoms with E-state index in [1.54, 1.807) is 22.7 Å². The zero-order chi connectivity index (χ0) is 18.7. The van der Waals surface area contributed by atoms with E-state index < -0.39 is 18.0 Å². The number of nitrogens with zero attached hydrogens (tertiary/aromatic N) is 2. The highest BCUT2D eigenvalue weighted by molar-refractivity contribution is 6.31. The molecule has 26 heavy (non-hydrogen) atoms. The van der Waals surface area contributed by atoms with Gasteiger partial charge in [-0.2, -0.15) is 0 Å². The Kier molecular flexibility index (Phi) is 5.23. The van der Waals surface area contributed by atoms with Crippen molar-refractivity contribution < 1.29 is 14.3 Å². The Hall–Kier alpha value is -2.86. The fourth-order valence-electron chi connectivity index (χ4n) is 2.49. The van der Waals surface area contributed by atoms with Crippen molar-refractivity contribution in [2.45, 2.75) is 26.5 Å². The van der Waals surface area contributed by atoms with Crippen LogP contribution in [0.15, 0.2) is 48.7 Å². The number of esters is 1. The van der Waals surface area contributed by atoms with E-state index in [2.05, 4.69) is 10.3 Å². The maximum absolute atomic E-state index is 12.3. The van der Waals surface area contributed by atoms with Gasteiger partial charge in [-0.15, -0.1) is 0 Å². The largest absolute Gasteiger partial charge is 0.448 e. The van der Waals surface area contributed by atoms with Gasteiger partial charge in [0.25, 0.3) is 5.91 Å². The van der Waals surface area contributed by atoms with Crippen LogP contribution < -0.4 is 5.32 Å². The molecule has 0 aliphatic rings. The molecule has 0 aliphatic heterocycles. The van der Waals surface area contributed by atoms with E-state index in [0.717, 1.165) is 11.3 Å². The normalized spacial score (nSPS) is 12.0. The third-order valence-corrected chi connectivity index (χ3v) is 4.34. The molecule has 0 fully saturated rings. The number of imidazole rings is 1. The Morgan fingerprint density at radius 2 is 2.00 bits per heavy atom. The van der Waals surface area contributed by atoms with Crippen molar-refractivity contribution in [2.24, 2.45) is 0 Å². The molecular weight excluding hydrogens is 354 g/mol. The Labute approximate surface area is 155 Å². The van der Waals surface area contributed by atoms with Gasteiger partial charge in [-0.05, 0) is 37.6 Å². The first-order chi connectivity index (χ1) is 12.5. The Morgan fingerprint density at radius 3 is 2.73 bits per heavy atom. The molecule has 0 saturated heterocycles. The molecule has 1 N–H and O–H groups in total. The molecule has 0 radical (unpaired) electrons. The van der Waals surface area contributed by atoms with Crippen molar-refractivity contribution in [3.05, 3.63) is 70.6 Å². The summed E-state index contributed by atoms with van der Waals surface area (Å²) in [6, 6.07) is 12.8. The number of aryl methyl sites for hydroxylation is 1. The number of carbonyl (C=O) groups is 2. The second-order valence-corrected chi connectivity index (χ2v) is 6.29. The van der Waals surface area contributed by atoms with Crippen LogP contribution in [0.5, 0.6) is 0 Å². The van der Waals surface area contributed by atoms with Crippen LogP contribution in [0.4, 0.5) is 0 Å². The van der Waals surface area contributed by atoms with Gasteiger partial charge in [0.2, 0.25) is 0 Å². The maximum atomic E-state index is 12.3. The van der Waals surface area contributed by atoms with E-state index in [-0.39, 0.29) is 12.2 Å². The number of rotatable bonds is 5. The van der Waals surface area contributed by atoms with Crippen LogP contribution in [0.2, 0.25) is 5.02 Å². The highest BCUT2D eigenvalue weighted by atomic mass is 35.5. The topological polar surface area (TPSA) is 72.7 Å². The lowest BCUT2D eigenvalue weighted by Gasteiger charge is -2.13. The zero-order valence-corrected chi connectivity index (χ0v) is 15.2. The average Bonchev–Trinajstić information content (AvgIpc) is 3.06. The van der Waals surface area contributed by atoms with Gasteiger partial charge in [0, 0.05) is 23.5 Å². The quantitative estimate of drug-likeness (QED) is 0.699. The monoisotopic (exact) mass is 371 g/mol. The van der Waals surface area contributed by atoms with E-state index in [4.69, 9.17) is 16.3 Å². The number of aromatic nitrogens is 2. The second-order valence-electron chi connectivity index (χ2n) is 5.88. The fraction of sp³-hybridized carbons (Fsp3) is 0.211. The summed E-state index contributed by atoms with van der Waals surface area (Å²) in [6.45, 7) is 3.68. The molecule has 1 aromatic carbocycles. The summed E-state index contributed by atoms with van der Waals surface area (Å²) in [5.74, 6) is -1.05. The second kappa shape index (κ2) is 7.58. The lowest BCUT2D eigenvalue weighted by molar-refractivity contribution is -0.129. The van der Waals surface area contributed by atoms with E-state index in [1.165, 1.54) is 6.92 Å². The summed E-state index contributed by atoms with van der Waals surface area (Å²) in [7, 11) is 0. The standard InChI is InChI=1S/C19H18ClN3O3/c1-12-6-5-9-17-22-16(11-23(12)17)19(25)26-13(2)18(24)21-10-14-7-3-4-8-15(14)20/h3-9,11,13H,10H2,1-2H3,(H,21,24). The molecule has 1 unspecified atom stereocenters. The smallest absolute Gasteiger partial charge is 0.359 e. The first kappa shape index (κ1) is 17.9. The van der Waals surface area contributed by atoms with Crippen molar-refractivity contribution in [1.29, 1.82) is 0 Å². The number of benzene rings is 1. The van der Waals surface area contributed by atoms with Gasteiger partial charge in [-0.1, -0.05) is 35.9 Å². The van der Waals surface area contributed by atoms with Crippen molar-refractivity contribution in [1.82, 2.24) is 14.7 Å². The molecule has 2 heterocycles. The first-order valence-corrected chi connectivity index (χ1v) is 8.50. The summed E-state index contributed by atoms with van der Waals surface area (Å²) < 4.78 is 7.02. The average molecular weight is 372 g/mol. The minimum atomic E-state index is -0.948. The van der Waals surface area contributed by atoms with Gasteiger partial charge in [0.05, 0.1) is 0 Å². The number of hydrogen-bond donors (Lipinski definition) is 1. The molecule has 0 bridgehead atoms. The maximum Gasteiger partial charge on any atom is 0.359 e. The molecule has 2 aromatic heterocycles. The van der Waals surface area contributed by atoms with Crippen LogP contribution in [0, 0.1) is 6.92 Å². The number of ether oxygens (including phenoxy) is 1. The van der Waals surface area contributed by atoms with E-state index in [0.29, 0.717) is 10.7 Å². The fourth-order valence-corrected chi connectivity index (χ4v) is 2.69. The summed E-state index contributed by atoms with van der Waals surface area (Å²) in [5.41, 5.74) is 2.54. The van der Waals surface area contributed by atoms with Crippen LogP contribution in [-0.4, -0.2) is 27.4 Å². The highest BCUT2D eigenvalue weighted by Crippen LogP contribution is 2.14. The summed E-state index contributed by atoms with van der Waals surface area (Å²) in [6.07, 6.45) is 0.650. The SMILES string of the molecule is Cc1cccc2nc(C(=O)OC(C)C(=O)NCc3ccccc3Cl)cn12. The number of halogens is 1. The summed E-state index contributed by atoms with van der Waals surface area (Å²) >= 11 is 6.06. The molecule has 0 aliphatic carbocycles. The molecule has 3 aromatic rings. The minimum Gasteiger partial charge on any atom is -0.448 e. The van der Waals surface area contributed by atoms with Gasteiger partial charge in [-0.3, -0.25) is 4.79 Å². The Balaban J connectivity index is 1.61. The van der Waals surface area contributed by atoms with Gasteiger partial charge >= 0.3 is 5.97 Å². The molecule has 7 heteroatoms. The first-order valence-electron chi connectivity index (χ1n) is 8.12. The number of carbonyl (C=O) groups excluding carboxylic acids is 2. The zero-order valence-electron chi connectivity index (χ0n) is 14.4. The van der Waals surface area contributed by atoms with Gasteiger partial charge < -0.3 is 14.5 Å². The molecule has 1 atom stereocenters. The number of pyridine rings is 1. The number of nitrogens with one attached hydrogen (secondary N) is 1. The van der Waals surface area contributed by atoms with Gasteiger partial charge in [0.1, 0.15) is 5.65 Å². The van der Waals surface area contributed by atoms with Crippen LogP contribution in [-0.2, 0) is 16.1 Å². The Morgan fingerprint density at radius 1 is 1.23 bits per heavy atom. The summed E-state index contributed by atoms with van der Waals surface area (Å²) in [4.78, 5) is 28.7. The van der Waals surface area contributed by atoms with E-state index in [1.807, 2.05) is 37.3 Å². The number of fused-ring (bicyclic) bond motifs is 1. The molecule has 134 valence electrons. The predicted octanol–water partition coefficient (Wildman–Crippen LogP) is 3.16. The van der Waals surface area contributed by atoms with Gasteiger partial charge in [0.15, 0.2) is 11.8 Å². The van der Waals surface area contributed by atoms with Gasteiger partial charge in [-0.25, -0.2) is 9.78 Å². The molecule has 1 amide bonds. The number of hydrogen-bond acceptors (Lipinski definition) is 4. The molecule has 3 rings (SSSR count). The molecular formula is C19H18ClN3O3. The molecule has 0 saturated carbocycles. The van der Waals surface area contributed by atoms with Crippen LogP contribution in [0.3, 0.4) is 0 Å². The van der Waals surface area contributed by atoms with Crippen molar-refractivity contribution in [2.75, 3.05) is 0 Å². The van der Waals surface area contributed by atoms with Crippen LogP contribution >= 0.6 is 11.6 Å². The lowest BCUT2D eigenvalue weighted by Crippen LogP contribution is -2.35. The lowest BCUT2D eigenvalue weighted by atomic mass is 10.2. The third kappa shape index (κ3) is 3.86. The van der Waals surface area contributed by atoms with Crippen molar-refractivity contribution in [3.63, 3.8) is 0 Å². The molecule has 0 spiro atoms. The number of amides is 1. The highest BCUT2D eigenvalue weighted by Gasteiger charge is 2.21. The molecule has 6 nitrogen and oxygen atoms in total. The van der Waals surface area contributed by atoms with E-state index >= 15 is 0 Å². The van der Waals surface area contributed by atoms with Crippen molar-refractivity contribution in [3.8, 4) is 0 Å². The summed E-state index contributed by atoms with van der Waals surface area (Å²) in [5, 5.41) is 3.27. The minimum absolute atomic E-state index is 0.157. The predicted molar refractivity (Wildman–Crippen MR) is 98.1 cm³/mol. The van der Waals surface area contributed by atoms with Crippen molar-refractivity contribution >= 4 is 29.1 Å². The third-order valence-electron chi connectivity index (χ3n) is 3.97.